The van der Waals surface area contributed by atoms with Gasteiger partial charge in [0.25, 0.3) is 0 Å². The molecule has 1 fully saturated rings. The third-order valence-electron chi connectivity index (χ3n) is 6.14. The van der Waals surface area contributed by atoms with Crippen LogP contribution in [0.1, 0.15) is 58.4 Å². The Kier molecular flexibility index (Phi) is 7.54. The lowest BCUT2D eigenvalue weighted by molar-refractivity contribution is -0.136. The molecule has 1 aliphatic carbocycles. The summed E-state index contributed by atoms with van der Waals surface area (Å²) in [6.45, 7) is 8.17. The van der Waals surface area contributed by atoms with E-state index in [1.54, 1.807) is 0 Å². The molecular weight excluding hydrogens is 374 g/mol. The standard InChI is InChI=1S/C26H35NO3/c1-26(2,3)22-10-12-23(13-11-22)30-24-9-5-8-21(17-24)20-7-4-6-19(16-20)18-27-15-14-25(28)29/h4-9,16-17,22-23,27H,10-15,18H2,1-3H3,(H,28,29)/t22-,23-. The van der Waals surface area contributed by atoms with Gasteiger partial charge in [-0.2, -0.15) is 0 Å². The fraction of sp³-hybridized carbons (Fsp3) is 0.500. The van der Waals surface area contributed by atoms with Crippen molar-refractivity contribution in [3.63, 3.8) is 0 Å². The Labute approximate surface area is 180 Å². The van der Waals surface area contributed by atoms with Crippen molar-refractivity contribution >= 4 is 5.97 Å². The second-order valence-corrected chi connectivity index (χ2v) is 9.51. The van der Waals surface area contributed by atoms with E-state index < -0.39 is 5.97 Å². The molecule has 1 saturated carbocycles. The minimum Gasteiger partial charge on any atom is -0.490 e. The Morgan fingerprint density at radius 3 is 2.37 bits per heavy atom. The van der Waals surface area contributed by atoms with Crippen molar-refractivity contribution in [2.24, 2.45) is 11.3 Å². The maximum Gasteiger partial charge on any atom is 0.304 e. The minimum absolute atomic E-state index is 0.136. The van der Waals surface area contributed by atoms with Gasteiger partial charge in [-0.15, -0.1) is 0 Å². The molecule has 2 N–H and O–H groups in total. The van der Waals surface area contributed by atoms with Crippen LogP contribution in [-0.4, -0.2) is 23.7 Å². The number of nitrogens with one attached hydrogen (secondary N) is 1. The van der Waals surface area contributed by atoms with Gasteiger partial charge in [0, 0.05) is 13.1 Å². The molecule has 30 heavy (non-hydrogen) atoms. The molecule has 0 spiro atoms. The number of hydrogen-bond donors (Lipinski definition) is 2. The third kappa shape index (κ3) is 6.60. The monoisotopic (exact) mass is 409 g/mol. The van der Waals surface area contributed by atoms with E-state index in [9.17, 15) is 4.79 Å². The van der Waals surface area contributed by atoms with Gasteiger partial charge in [0.05, 0.1) is 12.5 Å². The molecule has 0 atom stereocenters. The van der Waals surface area contributed by atoms with Crippen molar-refractivity contribution in [1.29, 1.82) is 0 Å². The molecule has 0 aromatic heterocycles. The summed E-state index contributed by atoms with van der Waals surface area (Å²) in [5.41, 5.74) is 3.82. The van der Waals surface area contributed by atoms with Crippen molar-refractivity contribution in [2.75, 3.05) is 6.54 Å². The minimum atomic E-state index is -0.778. The highest BCUT2D eigenvalue weighted by Gasteiger charge is 2.30. The highest BCUT2D eigenvalue weighted by Crippen LogP contribution is 2.39. The SMILES string of the molecule is CC(C)(C)[C@H]1CC[C@H](Oc2cccc(-c3cccc(CNCCC(=O)O)c3)c2)CC1. The normalized spacial score (nSPS) is 19.4. The predicted octanol–water partition coefficient (Wildman–Crippen LogP) is 5.90. The van der Waals surface area contributed by atoms with Gasteiger partial charge >= 0.3 is 5.97 Å². The molecule has 3 rings (SSSR count). The van der Waals surface area contributed by atoms with Gasteiger partial charge in [-0.25, -0.2) is 0 Å². The second-order valence-electron chi connectivity index (χ2n) is 9.51. The first-order valence-electron chi connectivity index (χ1n) is 11.1. The Morgan fingerprint density at radius 1 is 1.03 bits per heavy atom. The number of benzene rings is 2. The molecule has 0 aliphatic heterocycles. The van der Waals surface area contributed by atoms with Crippen LogP contribution < -0.4 is 10.1 Å². The van der Waals surface area contributed by atoms with Crippen LogP contribution in [0.5, 0.6) is 5.75 Å². The van der Waals surface area contributed by atoms with E-state index >= 15 is 0 Å². The van der Waals surface area contributed by atoms with Crippen LogP contribution in [0.4, 0.5) is 0 Å². The summed E-state index contributed by atoms with van der Waals surface area (Å²) >= 11 is 0. The third-order valence-corrected chi connectivity index (χ3v) is 6.14. The maximum atomic E-state index is 10.6. The van der Waals surface area contributed by atoms with Gasteiger partial charge in [-0.3, -0.25) is 4.79 Å². The molecular formula is C26H35NO3. The number of hydrogen-bond acceptors (Lipinski definition) is 3. The summed E-state index contributed by atoms with van der Waals surface area (Å²) in [6.07, 6.45) is 5.18. The van der Waals surface area contributed by atoms with Crippen LogP contribution in [0, 0.1) is 11.3 Å². The van der Waals surface area contributed by atoms with Gasteiger partial charge in [0.15, 0.2) is 0 Å². The summed E-state index contributed by atoms with van der Waals surface area (Å²) in [7, 11) is 0. The Bertz CT molecular complexity index is 832. The summed E-state index contributed by atoms with van der Waals surface area (Å²) in [5, 5.41) is 11.9. The van der Waals surface area contributed by atoms with E-state index in [1.807, 2.05) is 6.07 Å². The number of carbonyl (C=O) groups is 1. The van der Waals surface area contributed by atoms with Crippen LogP contribution in [-0.2, 0) is 11.3 Å². The number of rotatable bonds is 8. The first-order chi connectivity index (χ1) is 14.3. The van der Waals surface area contributed by atoms with Crippen molar-refractivity contribution in [2.45, 2.75) is 65.5 Å². The first-order valence-corrected chi connectivity index (χ1v) is 11.1. The Morgan fingerprint density at radius 2 is 1.70 bits per heavy atom. The topological polar surface area (TPSA) is 58.6 Å². The van der Waals surface area contributed by atoms with Gasteiger partial charge in [-0.05, 0) is 71.9 Å². The Hall–Kier alpha value is -2.33. The lowest BCUT2D eigenvalue weighted by Crippen LogP contribution is -2.30. The van der Waals surface area contributed by atoms with E-state index in [0.717, 1.165) is 41.2 Å². The fourth-order valence-corrected chi connectivity index (χ4v) is 4.28. The number of carboxylic acids is 1. The quantitative estimate of drug-likeness (QED) is 0.533. The molecule has 1 aliphatic rings. The molecule has 2 aromatic carbocycles. The van der Waals surface area contributed by atoms with Gasteiger partial charge in [0.1, 0.15) is 5.75 Å². The van der Waals surface area contributed by atoms with Gasteiger partial charge < -0.3 is 15.2 Å². The Balaban J connectivity index is 1.59. The highest BCUT2D eigenvalue weighted by atomic mass is 16.5. The lowest BCUT2D eigenvalue weighted by atomic mass is 9.72. The van der Waals surface area contributed by atoms with Crippen molar-refractivity contribution < 1.29 is 14.6 Å². The molecule has 2 aromatic rings. The van der Waals surface area contributed by atoms with Crippen LogP contribution >= 0.6 is 0 Å². The van der Waals surface area contributed by atoms with Crippen molar-refractivity contribution in [1.82, 2.24) is 5.32 Å². The van der Waals surface area contributed by atoms with E-state index in [1.165, 1.54) is 12.8 Å². The summed E-state index contributed by atoms with van der Waals surface area (Å²) < 4.78 is 6.34. The molecule has 162 valence electrons. The summed E-state index contributed by atoms with van der Waals surface area (Å²) in [6, 6.07) is 16.7. The number of aliphatic carboxylic acids is 1. The summed E-state index contributed by atoms with van der Waals surface area (Å²) in [4.78, 5) is 10.6. The lowest BCUT2D eigenvalue weighted by Gasteiger charge is -2.37. The average Bonchev–Trinajstić information content (AvgIpc) is 2.71. The van der Waals surface area contributed by atoms with Crippen LogP contribution in [0.15, 0.2) is 48.5 Å². The molecule has 0 saturated heterocycles. The zero-order chi connectivity index (χ0) is 21.6. The predicted molar refractivity (Wildman–Crippen MR) is 122 cm³/mol. The van der Waals surface area contributed by atoms with Crippen LogP contribution in [0.25, 0.3) is 11.1 Å². The molecule has 0 heterocycles. The van der Waals surface area contributed by atoms with Crippen molar-refractivity contribution in [3.8, 4) is 16.9 Å². The summed E-state index contributed by atoms with van der Waals surface area (Å²) in [5.74, 6) is 0.951. The molecule has 0 amide bonds. The van der Waals surface area contributed by atoms with Crippen molar-refractivity contribution in [3.05, 3.63) is 54.1 Å². The first kappa shape index (κ1) is 22.4. The molecule has 0 radical (unpaired) electrons. The van der Waals surface area contributed by atoms with E-state index in [0.29, 0.717) is 24.6 Å². The molecule has 0 unspecified atom stereocenters. The van der Waals surface area contributed by atoms with Crippen LogP contribution in [0.3, 0.4) is 0 Å². The number of carboxylic acid groups (broad SMARTS) is 1. The largest absolute Gasteiger partial charge is 0.490 e. The van der Waals surface area contributed by atoms with Gasteiger partial charge in [-0.1, -0.05) is 51.1 Å². The molecule has 0 bridgehead atoms. The number of ether oxygens (including phenoxy) is 1. The smallest absolute Gasteiger partial charge is 0.304 e. The maximum absolute atomic E-state index is 10.6. The van der Waals surface area contributed by atoms with Crippen LogP contribution in [0.2, 0.25) is 0 Å². The highest BCUT2D eigenvalue weighted by molar-refractivity contribution is 5.67. The van der Waals surface area contributed by atoms with E-state index in [4.69, 9.17) is 9.84 Å². The zero-order valence-electron chi connectivity index (χ0n) is 18.5. The van der Waals surface area contributed by atoms with Gasteiger partial charge in [0.2, 0.25) is 0 Å². The van der Waals surface area contributed by atoms with E-state index in [-0.39, 0.29) is 6.42 Å². The molecule has 4 nitrogen and oxygen atoms in total. The average molecular weight is 410 g/mol. The molecule has 4 heteroatoms. The second kappa shape index (κ2) is 10.1. The fourth-order valence-electron chi connectivity index (χ4n) is 4.28. The zero-order valence-corrected chi connectivity index (χ0v) is 18.5. The van der Waals surface area contributed by atoms with E-state index in [2.05, 4.69) is 68.6 Å².